The van der Waals surface area contributed by atoms with E-state index in [0.29, 0.717) is 0 Å². The molecule has 0 atom stereocenters. The Labute approximate surface area is 127 Å². The Morgan fingerprint density at radius 3 is 2.38 bits per heavy atom. The summed E-state index contributed by atoms with van der Waals surface area (Å²) >= 11 is 0. The zero-order valence-corrected chi connectivity index (χ0v) is 13.5. The summed E-state index contributed by atoms with van der Waals surface area (Å²) in [6, 6.07) is 0. The van der Waals surface area contributed by atoms with Crippen LogP contribution < -0.4 is 0 Å². The second-order valence-electron chi connectivity index (χ2n) is 5.15. The number of aliphatic hydroxyl groups excluding tert-OH is 1. The minimum atomic E-state index is -0.511. The van der Waals surface area contributed by atoms with Crippen molar-refractivity contribution in [2.75, 3.05) is 19.7 Å². The van der Waals surface area contributed by atoms with Crippen LogP contribution in [0.2, 0.25) is 0 Å². The Morgan fingerprint density at radius 2 is 2.00 bits per heavy atom. The first kappa shape index (κ1) is 19.3. The molecule has 0 unspecified atom stereocenters. The Hall–Kier alpha value is -1.69. The third kappa shape index (κ3) is 6.08. The maximum absolute atomic E-state index is 10.6. The average Bonchev–Trinajstić information content (AvgIpc) is 2.50. The van der Waals surface area contributed by atoms with Gasteiger partial charge >= 0.3 is 0 Å². The average molecular weight is 297 g/mol. The number of allylic oxidation sites excluding steroid dienone is 1. The number of rotatable bonds is 4. The second-order valence-corrected chi connectivity index (χ2v) is 5.15. The summed E-state index contributed by atoms with van der Waals surface area (Å²) < 4.78 is 0. The second kappa shape index (κ2) is 9.28. The van der Waals surface area contributed by atoms with Crippen LogP contribution in [0.15, 0.2) is 29.5 Å². The predicted octanol–water partition coefficient (Wildman–Crippen LogP) is 2.83. The van der Waals surface area contributed by atoms with Gasteiger partial charge in [-0.1, -0.05) is 27.4 Å². The molecule has 0 aromatic heterocycles. The smallest absolute Gasteiger partial charge is 0.286 e. The van der Waals surface area contributed by atoms with Crippen molar-refractivity contribution >= 4 is 5.84 Å². The molecule has 0 aromatic carbocycles. The van der Waals surface area contributed by atoms with Gasteiger partial charge in [-0.05, 0) is 25.2 Å². The van der Waals surface area contributed by atoms with E-state index < -0.39 is 4.92 Å². The number of aliphatic imine (C=N–C) groups is 1. The molecule has 120 valence electrons. The highest BCUT2D eigenvalue weighted by atomic mass is 16.6. The maximum Gasteiger partial charge on any atom is 0.286 e. The van der Waals surface area contributed by atoms with E-state index in [9.17, 15) is 15.2 Å². The summed E-state index contributed by atoms with van der Waals surface area (Å²) in [5.41, 5.74) is -0.128. The highest BCUT2D eigenvalue weighted by Crippen LogP contribution is 2.30. The topological polar surface area (TPSA) is 79.0 Å². The molecule has 0 spiro atoms. The van der Waals surface area contributed by atoms with Gasteiger partial charge in [-0.3, -0.25) is 10.1 Å². The minimum absolute atomic E-state index is 0.0142. The van der Waals surface area contributed by atoms with E-state index in [0.717, 1.165) is 31.8 Å². The first-order valence-electron chi connectivity index (χ1n) is 7.29. The number of piperidine rings is 1. The van der Waals surface area contributed by atoms with Gasteiger partial charge in [-0.15, -0.1) is 0 Å². The normalized spacial score (nSPS) is 18.6. The van der Waals surface area contributed by atoms with Gasteiger partial charge in [-0.2, -0.15) is 0 Å². The first-order valence-corrected chi connectivity index (χ1v) is 7.29. The van der Waals surface area contributed by atoms with Crippen molar-refractivity contribution < 1.29 is 10.0 Å². The molecule has 1 aliphatic heterocycles. The molecule has 1 N–H and O–H groups in total. The molecule has 1 rings (SSSR count). The Bertz CT molecular complexity index is 408. The number of likely N-dealkylation sites (tertiary alicyclic amines) is 1. The quantitative estimate of drug-likeness (QED) is 0.284. The summed E-state index contributed by atoms with van der Waals surface area (Å²) in [5.74, 6) is 0.751. The van der Waals surface area contributed by atoms with Crippen LogP contribution in [0.3, 0.4) is 0 Å². The summed E-state index contributed by atoms with van der Waals surface area (Å²) in [6.45, 7) is 13.1. The van der Waals surface area contributed by atoms with Crippen LogP contribution in [0.1, 0.15) is 40.5 Å². The predicted molar refractivity (Wildman–Crippen MR) is 85.7 cm³/mol. The lowest BCUT2D eigenvalue weighted by molar-refractivity contribution is -0.419. The maximum atomic E-state index is 10.6. The summed E-state index contributed by atoms with van der Waals surface area (Å²) in [4.78, 5) is 16.3. The van der Waals surface area contributed by atoms with Crippen LogP contribution in [-0.4, -0.2) is 40.5 Å². The minimum Gasteiger partial charge on any atom is -0.396 e. The fraction of sp³-hybridized carbons (Fsp3) is 0.667. The third-order valence-corrected chi connectivity index (χ3v) is 3.61. The van der Waals surface area contributed by atoms with Crippen molar-refractivity contribution in [1.29, 1.82) is 0 Å². The molecule has 1 fully saturated rings. The molecule has 1 heterocycles. The van der Waals surface area contributed by atoms with Gasteiger partial charge in [-0.25, -0.2) is 4.99 Å². The van der Waals surface area contributed by atoms with E-state index in [-0.39, 0.29) is 17.7 Å². The Balaban J connectivity index is 0.00000191. The van der Waals surface area contributed by atoms with Gasteiger partial charge in [0.15, 0.2) is 0 Å². The van der Waals surface area contributed by atoms with E-state index >= 15 is 0 Å². The molecule has 6 nitrogen and oxygen atoms in total. The summed E-state index contributed by atoms with van der Waals surface area (Å²) in [6.07, 6.45) is 4.19. The van der Waals surface area contributed by atoms with Crippen molar-refractivity contribution in [3.05, 3.63) is 34.7 Å². The monoisotopic (exact) mass is 297 g/mol. The van der Waals surface area contributed by atoms with Crippen LogP contribution in [0.25, 0.3) is 0 Å². The lowest BCUT2D eigenvalue weighted by atomic mass is 9.81. The highest BCUT2D eigenvalue weighted by molar-refractivity contribution is 5.80. The van der Waals surface area contributed by atoms with Gasteiger partial charge < -0.3 is 10.0 Å². The molecule has 0 amide bonds. The number of aliphatic hydroxyl groups is 1. The van der Waals surface area contributed by atoms with Crippen LogP contribution in [-0.2, 0) is 0 Å². The molecule has 1 aliphatic rings. The van der Waals surface area contributed by atoms with Crippen LogP contribution in [0.4, 0.5) is 0 Å². The van der Waals surface area contributed by atoms with Gasteiger partial charge in [0.25, 0.3) is 5.70 Å². The zero-order valence-electron chi connectivity index (χ0n) is 13.5. The van der Waals surface area contributed by atoms with Crippen molar-refractivity contribution in [2.24, 2.45) is 10.4 Å². The molecular formula is C15H27N3O3. The van der Waals surface area contributed by atoms with E-state index in [2.05, 4.69) is 23.4 Å². The van der Waals surface area contributed by atoms with Crippen molar-refractivity contribution in [2.45, 2.75) is 40.5 Å². The third-order valence-electron chi connectivity index (χ3n) is 3.61. The molecular weight excluding hydrogens is 270 g/mol. The van der Waals surface area contributed by atoms with Gasteiger partial charge in [0.1, 0.15) is 12.0 Å². The van der Waals surface area contributed by atoms with E-state index in [1.165, 1.54) is 12.3 Å². The van der Waals surface area contributed by atoms with Crippen molar-refractivity contribution in [3.8, 4) is 0 Å². The van der Waals surface area contributed by atoms with Gasteiger partial charge in [0.05, 0.1) is 4.92 Å². The number of hydrogen-bond donors (Lipinski definition) is 1. The largest absolute Gasteiger partial charge is 0.396 e. The molecule has 0 saturated carbocycles. The number of nitro groups is 1. The lowest BCUT2D eigenvalue weighted by Crippen LogP contribution is -2.42. The van der Waals surface area contributed by atoms with Crippen LogP contribution >= 0.6 is 0 Å². The van der Waals surface area contributed by atoms with Crippen LogP contribution in [0, 0.1) is 15.5 Å². The van der Waals surface area contributed by atoms with Gasteiger partial charge in [0.2, 0.25) is 0 Å². The van der Waals surface area contributed by atoms with E-state index in [1.54, 1.807) is 0 Å². The summed E-state index contributed by atoms with van der Waals surface area (Å²) in [7, 11) is 0. The molecule has 0 radical (unpaired) electrons. The summed E-state index contributed by atoms with van der Waals surface area (Å²) in [5, 5.41) is 19.9. The fourth-order valence-corrected chi connectivity index (χ4v) is 1.94. The van der Waals surface area contributed by atoms with Crippen LogP contribution in [0.5, 0.6) is 0 Å². The zero-order chi connectivity index (χ0) is 16.5. The molecule has 1 saturated heterocycles. The number of nitrogens with zero attached hydrogens (tertiary/aromatic N) is 3. The van der Waals surface area contributed by atoms with Gasteiger partial charge in [0, 0.05) is 25.8 Å². The SMILES string of the molecule is C=C/C(=C\N=C(C)N1CCC(C)(CO)CC1)[N+](=O)[O-].CC. The van der Waals surface area contributed by atoms with E-state index in [1.807, 2.05) is 20.8 Å². The molecule has 0 bridgehead atoms. The van der Waals surface area contributed by atoms with Crippen molar-refractivity contribution in [3.63, 3.8) is 0 Å². The molecule has 0 aromatic rings. The fourth-order valence-electron chi connectivity index (χ4n) is 1.94. The van der Waals surface area contributed by atoms with Crippen molar-refractivity contribution in [1.82, 2.24) is 4.90 Å². The Morgan fingerprint density at radius 1 is 1.48 bits per heavy atom. The number of hydrogen-bond acceptors (Lipinski definition) is 4. The Kier molecular flexibility index (Phi) is 8.54. The molecule has 0 aliphatic carbocycles. The van der Waals surface area contributed by atoms with E-state index in [4.69, 9.17) is 0 Å². The highest BCUT2D eigenvalue weighted by Gasteiger charge is 2.29. The lowest BCUT2D eigenvalue weighted by Gasteiger charge is -2.39. The molecule has 6 heteroatoms. The number of amidine groups is 1. The molecule has 21 heavy (non-hydrogen) atoms. The first-order chi connectivity index (χ1) is 9.91. The standard InChI is InChI=1S/C13H21N3O3.C2H6/c1-4-12(16(18)19)9-14-11(2)15-7-5-13(3,10-17)6-8-15;1-2/h4,9,17H,1,5-8,10H2,2-3H3;1-2H3/b12-9+,14-11?;.